The van der Waals surface area contributed by atoms with Gasteiger partial charge in [-0.25, -0.2) is 4.57 Å². The topological polar surface area (TPSA) is 157 Å². The van der Waals surface area contributed by atoms with E-state index in [1.54, 1.807) is 0 Å². The predicted molar refractivity (Wildman–Crippen MR) is 78.7 cm³/mol. The Labute approximate surface area is 136 Å². The predicted octanol–water partition coefficient (Wildman–Crippen LogP) is -1.44. The first kappa shape index (κ1) is 22.8. The van der Waals surface area contributed by atoms with Gasteiger partial charge >= 0.3 is 38.7 Å². The molecule has 0 fully saturated rings. The standard InChI is InChI=1S/C6H18N3O10PS3/c1-7(2)21(11,12)17-20(10,18-22(13,14)8(3)4)19-23(15,16)9(5)6/h1-6H3. The minimum atomic E-state index is -5.63. The normalized spacial score (nSPS) is 14.8. The molecule has 0 aliphatic carbocycles. The molecule has 0 heterocycles. The van der Waals surface area contributed by atoms with Crippen LogP contribution in [0.5, 0.6) is 0 Å². The van der Waals surface area contributed by atoms with Crippen LogP contribution in [-0.4, -0.2) is 80.5 Å². The molecular weight excluding hydrogens is 401 g/mol. The third-order valence-corrected chi connectivity index (χ3v) is 9.03. The van der Waals surface area contributed by atoms with E-state index in [1.807, 2.05) is 0 Å². The molecule has 0 aliphatic rings. The summed E-state index contributed by atoms with van der Waals surface area (Å²) in [5, 5.41) is 0. The zero-order valence-electron chi connectivity index (χ0n) is 13.1. The van der Waals surface area contributed by atoms with Gasteiger partial charge in [0.1, 0.15) is 0 Å². The average Bonchev–Trinajstić information content (AvgIpc) is 2.24. The van der Waals surface area contributed by atoms with Crippen molar-refractivity contribution in [3.05, 3.63) is 0 Å². The van der Waals surface area contributed by atoms with Crippen LogP contribution in [0.15, 0.2) is 0 Å². The van der Waals surface area contributed by atoms with Crippen molar-refractivity contribution in [1.82, 2.24) is 12.9 Å². The van der Waals surface area contributed by atoms with Crippen LogP contribution in [0.2, 0.25) is 0 Å². The molecular formula is C6H18N3O10PS3. The summed E-state index contributed by atoms with van der Waals surface area (Å²) in [4.78, 5) is 0. The average molecular weight is 419 g/mol. The van der Waals surface area contributed by atoms with Crippen molar-refractivity contribution in [1.29, 1.82) is 0 Å². The molecule has 0 bridgehead atoms. The number of hydrogen-bond donors (Lipinski definition) is 0. The Morgan fingerprint density at radius 1 is 0.565 bits per heavy atom. The molecule has 0 spiro atoms. The van der Waals surface area contributed by atoms with Gasteiger partial charge in [-0.3, -0.25) is 0 Å². The fraction of sp³-hybridized carbons (Fsp3) is 1.00. The molecule has 0 N–H and O–H groups in total. The lowest BCUT2D eigenvalue weighted by atomic mass is 11.3. The number of nitrogens with zero attached hydrogens (tertiary/aromatic N) is 3. The minimum Gasteiger partial charge on any atom is -0.224 e. The summed E-state index contributed by atoms with van der Waals surface area (Å²) in [6.45, 7) is 0. The van der Waals surface area contributed by atoms with Crippen molar-refractivity contribution in [3.63, 3.8) is 0 Å². The largest absolute Gasteiger partial charge is 0.522 e. The van der Waals surface area contributed by atoms with Crippen LogP contribution in [0.1, 0.15) is 0 Å². The molecule has 0 aliphatic heterocycles. The number of phosphoric acid groups is 1. The van der Waals surface area contributed by atoms with E-state index < -0.39 is 38.7 Å². The van der Waals surface area contributed by atoms with E-state index in [1.165, 1.54) is 0 Å². The van der Waals surface area contributed by atoms with Crippen LogP contribution in [0, 0.1) is 0 Å². The lowest BCUT2D eigenvalue weighted by molar-refractivity contribution is 0.276. The van der Waals surface area contributed by atoms with Gasteiger partial charge in [-0.1, -0.05) is 0 Å². The van der Waals surface area contributed by atoms with Crippen molar-refractivity contribution < 1.29 is 41.7 Å². The van der Waals surface area contributed by atoms with E-state index >= 15 is 0 Å². The van der Waals surface area contributed by atoms with Gasteiger partial charge in [0.25, 0.3) is 0 Å². The molecule has 0 amide bonds. The second-order valence-corrected chi connectivity index (χ2v) is 11.8. The highest BCUT2D eigenvalue weighted by molar-refractivity contribution is 7.95. The Morgan fingerprint density at radius 3 is 0.870 bits per heavy atom. The Kier molecular flexibility index (Phi) is 7.33. The van der Waals surface area contributed by atoms with Crippen LogP contribution < -0.4 is 0 Å². The monoisotopic (exact) mass is 419 g/mol. The van der Waals surface area contributed by atoms with Crippen LogP contribution in [-0.2, 0) is 47.4 Å². The quantitative estimate of drug-likeness (QED) is 0.405. The smallest absolute Gasteiger partial charge is 0.224 e. The Morgan fingerprint density at radius 2 is 0.739 bits per heavy atom. The van der Waals surface area contributed by atoms with Gasteiger partial charge in [0.15, 0.2) is 0 Å². The Balaban J connectivity index is 5.97. The van der Waals surface area contributed by atoms with Crippen molar-refractivity contribution in [2.45, 2.75) is 0 Å². The van der Waals surface area contributed by atoms with E-state index in [0.717, 1.165) is 42.3 Å². The van der Waals surface area contributed by atoms with E-state index in [2.05, 4.69) is 11.9 Å². The SMILES string of the molecule is CN(C)S(=O)(=O)OP(=O)(OS(=O)(=O)N(C)C)OS(=O)(=O)N(C)C. The summed E-state index contributed by atoms with van der Waals surface area (Å²) < 4.78 is 95.3. The summed E-state index contributed by atoms with van der Waals surface area (Å²) in [5.74, 6) is 0. The zero-order valence-corrected chi connectivity index (χ0v) is 16.4. The van der Waals surface area contributed by atoms with Crippen molar-refractivity contribution >= 4 is 38.7 Å². The maximum atomic E-state index is 12.3. The highest BCUT2D eigenvalue weighted by Gasteiger charge is 2.45. The van der Waals surface area contributed by atoms with Crippen LogP contribution >= 0.6 is 7.82 Å². The molecule has 0 aromatic heterocycles. The van der Waals surface area contributed by atoms with Gasteiger partial charge in [0.2, 0.25) is 0 Å². The van der Waals surface area contributed by atoms with Gasteiger partial charge in [0, 0.05) is 42.3 Å². The Bertz CT molecular complexity index is 664. The Hall–Kier alpha value is -0.160. The third-order valence-electron chi connectivity index (χ3n) is 1.90. The maximum absolute atomic E-state index is 12.3. The van der Waals surface area contributed by atoms with Crippen LogP contribution in [0.3, 0.4) is 0 Å². The summed E-state index contributed by atoms with van der Waals surface area (Å²) in [6.07, 6.45) is 0. The highest BCUT2D eigenvalue weighted by Crippen LogP contribution is 2.54. The number of hydrogen-bond acceptors (Lipinski definition) is 10. The van der Waals surface area contributed by atoms with Crippen molar-refractivity contribution in [2.24, 2.45) is 0 Å². The van der Waals surface area contributed by atoms with Gasteiger partial charge < -0.3 is 0 Å². The summed E-state index contributed by atoms with van der Waals surface area (Å²) in [6, 6.07) is 0. The van der Waals surface area contributed by atoms with Crippen molar-refractivity contribution in [3.8, 4) is 0 Å². The first-order chi connectivity index (χ1) is 9.95. The molecule has 0 saturated carbocycles. The summed E-state index contributed by atoms with van der Waals surface area (Å²) in [5.41, 5.74) is 0. The molecule has 23 heavy (non-hydrogen) atoms. The second-order valence-electron chi connectivity index (χ2n) is 4.39. The first-order valence-corrected chi connectivity index (χ1v) is 11.0. The highest BCUT2D eigenvalue weighted by atomic mass is 32.3. The van der Waals surface area contributed by atoms with Crippen molar-refractivity contribution in [2.75, 3.05) is 42.3 Å². The van der Waals surface area contributed by atoms with Gasteiger partial charge in [-0.05, 0) is 0 Å². The molecule has 0 rings (SSSR count). The molecule has 13 nitrogen and oxygen atoms in total. The minimum absolute atomic E-state index is 0.400. The molecule has 0 aromatic rings. The van der Waals surface area contributed by atoms with E-state index in [-0.39, 0.29) is 0 Å². The van der Waals surface area contributed by atoms with Crippen LogP contribution in [0.25, 0.3) is 0 Å². The fourth-order valence-electron chi connectivity index (χ4n) is 0.583. The molecule has 0 radical (unpaired) electrons. The van der Waals surface area contributed by atoms with Crippen LogP contribution in [0.4, 0.5) is 0 Å². The molecule has 0 atom stereocenters. The number of rotatable bonds is 9. The molecule has 17 heteroatoms. The summed E-state index contributed by atoms with van der Waals surface area (Å²) >= 11 is 0. The maximum Gasteiger partial charge on any atom is 0.522 e. The lowest BCUT2D eigenvalue weighted by Gasteiger charge is -2.21. The molecule has 0 aromatic carbocycles. The zero-order chi connectivity index (χ0) is 18.9. The molecule has 140 valence electrons. The van der Waals surface area contributed by atoms with Gasteiger partial charge in [0.05, 0.1) is 0 Å². The second kappa shape index (κ2) is 7.38. The lowest BCUT2D eigenvalue weighted by Crippen LogP contribution is -2.30. The van der Waals surface area contributed by atoms with Gasteiger partial charge in [-0.2, -0.15) is 50.1 Å². The van der Waals surface area contributed by atoms with E-state index in [4.69, 9.17) is 0 Å². The van der Waals surface area contributed by atoms with Gasteiger partial charge in [-0.15, -0.1) is 0 Å². The summed E-state index contributed by atoms with van der Waals surface area (Å²) in [7, 11) is -14.3. The third kappa shape index (κ3) is 6.69. The molecule has 0 unspecified atom stereocenters. The van der Waals surface area contributed by atoms with E-state index in [0.29, 0.717) is 12.9 Å². The first-order valence-electron chi connectivity index (χ1n) is 5.46. The fourth-order valence-corrected chi connectivity index (χ4v) is 5.92. The molecule has 0 saturated heterocycles. The van der Waals surface area contributed by atoms with E-state index in [9.17, 15) is 29.8 Å².